The number of alkyl carbamates (subject to hydrolysis) is 1. The van der Waals surface area contributed by atoms with Gasteiger partial charge in [-0.2, -0.15) is 0 Å². The molecule has 27 heavy (non-hydrogen) atoms. The minimum absolute atomic E-state index is 0.429. The Bertz CT molecular complexity index is 632. The van der Waals surface area contributed by atoms with Crippen LogP contribution in [-0.4, -0.2) is 48.3 Å². The molecule has 8 heteroatoms. The predicted molar refractivity (Wildman–Crippen MR) is 113 cm³/mol. The lowest BCUT2D eigenvalue weighted by Gasteiger charge is -2.29. The molecule has 7 nitrogen and oxygen atoms in total. The number of rotatable bonds is 7. The van der Waals surface area contributed by atoms with Gasteiger partial charge in [-0.1, -0.05) is 13.8 Å². The highest BCUT2D eigenvalue weighted by molar-refractivity contribution is 7.09. The topological polar surface area (TPSA) is 87.6 Å². The summed E-state index contributed by atoms with van der Waals surface area (Å²) in [7, 11) is 1.73. The first kappa shape index (κ1) is 23.2. The van der Waals surface area contributed by atoms with Crippen molar-refractivity contribution in [3.8, 4) is 0 Å². The van der Waals surface area contributed by atoms with Gasteiger partial charge in [-0.05, 0) is 34.6 Å². The monoisotopic (exact) mass is 397 g/mol. The zero-order chi connectivity index (χ0) is 20.7. The van der Waals surface area contributed by atoms with Crippen LogP contribution in [-0.2, 0) is 11.2 Å². The molecule has 0 aliphatic carbocycles. The lowest BCUT2D eigenvalue weighted by molar-refractivity contribution is 0.0474. The fraction of sp³-hybridized carbons (Fsp3) is 0.737. The lowest BCUT2D eigenvalue weighted by Crippen LogP contribution is -2.54. The van der Waals surface area contributed by atoms with E-state index in [1.54, 1.807) is 18.4 Å². The summed E-state index contributed by atoms with van der Waals surface area (Å²) in [6.45, 7) is 14.9. The maximum atomic E-state index is 12.0. The molecule has 0 atom stereocenters. The fourth-order valence-corrected chi connectivity index (χ4v) is 3.03. The van der Waals surface area contributed by atoms with Gasteiger partial charge in [0.05, 0.1) is 16.2 Å². The summed E-state index contributed by atoms with van der Waals surface area (Å²) < 4.78 is 5.31. The molecule has 0 aromatic carbocycles. The third kappa shape index (κ3) is 9.60. The van der Waals surface area contributed by atoms with Gasteiger partial charge in [0, 0.05) is 37.9 Å². The van der Waals surface area contributed by atoms with E-state index in [4.69, 9.17) is 4.74 Å². The number of hydrogen-bond donors (Lipinski definition) is 3. The number of nitrogens with zero attached hydrogens (tertiary/aromatic N) is 2. The number of aromatic nitrogens is 1. The Morgan fingerprint density at radius 1 is 1.26 bits per heavy atom. The van der Waals surface area contributed by atoms with Gasteiger partial charge >= 0.3 is 6.09 Å². The molecule has 1 rings (SSSR count). The van der Waals surface area contributed by atoms with Crippen molar-refractivity contribution < 1.29 is 9.53 Å². The van der Waals surface area contributed by atoms with Gasteiger partial charge in [0.2, 0.25) is 0 Å². The molecule has 0 unspecified atom stereocenters. The maximum absolute atomic E-state index is 12.0. The Labute approximate surface area is 167 Å². The average Bonchev–Trinajstić information content (AvgIpc) is 2.97. The van der Waals surface area contributed by atoms with Gasteiger partial charge in [-0.15, -0.1) is 11.3 Å². The normalized spacial score (nSPS) is 12.9. The van der Waals surface area contributed by atoms with Gasteiger partial charge in [0.25, 0.3) is 0 Å². The molecule has 0 saturated carbocycles. The molecule has 154 valence electrons. The van der Waals surface area contributed by atoms with Gasteiger partial charge in [0.1, 0.15) is 5.60 Å². The molecule has 1 aromatic heterocycles. The quantitative estimate of drug-likeness (QED) is 0.485. The number of nitrogens with one attached hydrogen (secondary N) is 3. The summed E-state index contributed by atoms with van der Waals surface area (Å²) in [5.41, 5.74) is 0.0933. The molecule has 0 aliphatic rings. The van der Waals surface area contributed by atoms with Crippen LogP contribution in [0.1, 0.15) is 65.1 Å². The third-order valence-corrected chi connectivity index (χ3v) is 4.69. The van der Waals surface area contributed by atoms with E-state index in [-0.39, 0.29) is 0 Å². The van der Waals surface area contributed by atoms with Crippen molar-refractivity contribution in [3.63, 3.8) is 0 Å². The van der Waals surface area contributed by atoms with E-state index in [1.165, 1.54) is 5.01 Å². The molecular formula is C19H35N5O2S. The molecule has 0 saturated heterocycles. The maximum Gasteiger partial charge on any atom is 0.408 e. The van der Waals surface area contributed by atoms with E-state index in [9.17, 15) is 4.79 Å². The summed E-state index contributed by atoms with van der Waals surface area (Å²) in [5, 5.41) is 12.7. The smallest absolute Gasteiger partial charge is 0.408 e. The Hall–Kier alpha value is -1.83. The minimum atomic E-state index is -0.518. The zero-order valence-electron chi connectivity index (χ0n) is 17.9. The Morgan fingerprint density at radius 3 is 2.44 bits per heavy atom. The molecule has 0 radical (unpaired) electrons. The Balaban J connectivity index is 2.40. The van der Waals surface area contributed by atoms with Crippen molar-refractivity contribution in [3.05, 3.63) is 16.1 Å². The lowest BCUT2D eigenvalue weighted by atomic mass is 10.1. The largest absolute Gasteiger partial charge is 0.444 e. The highest BCUT2D eigenvalue weighted by atomic mass is 32.1. The molecule has 1 amide bonds. The number of amides is 1. The number of hydrogen-bond acceptors (Lipinski definition) is 5. The highest BCUT2D eigenvalue weighted by Gasteiger charge is 2.24. The molecule has 0 bridgehead atoms. The van der Waals surface area contributed by atoms with Crippen LogP contribution < -0.4 is 16.0 Å². The Kier molecular flexibility index (Phi) is 8.53. The second-order valence-corrected chi connectivity index (χ2v) is 9.33. The summed E-state index contributed by atoms with van der Waals surface area (Å²) in [6.07, 6.45) is 0.408. The van der Waals surface area contributed by atoms with E-state index >= 15 is 0 Å². The van der Waals surface area contributed by atoms with Crippen LogP contribution in [0.5, 0.6) is 0 Å². The summed E-state index contributed by atoms with van der Waals surface area (Å²) >= 11 is 1.71. The third-order valence-electron chi connectivity index (χ3n) is 3.50. The van der Waals surface area contributed by atoms with E-state index in [0.717, 1.165) is 18.7 Å². The average molecular weight is 398 g/mol. The van der Waals surface area contributed by atoms with Crippen molar-refractivity contribution in [1.29, 1.82) is 0 Å². The number of ether oxygens (including phenoxy) is 1. The second-order valence-electron chi connectivity index (χ2n) is 8.45. The van der Waals surface area contributed by atoms with Gasteiger partial charge < -0.3 is 20.7 Å². The first-order valence-electron chi connectivity index (χ1n) is 9.32. The van der Waals surface area contributed by atoms with E-state index in [0.29, 0.717) is 18.4 Å². The van der Waals surface area contributed by atoms with Crippen LogP contribution >= 0.6 is 11.3 Å². The van der Waals surface area contributed by atoms with E-state index < -0.39 is 17.2 Å². The second kappa shape index (κ2) is 9.92. The zero-order valence-corrected chi connectivity index (χ0v) is 18.7. The van der Waals surface area contributed by atoms with Crippen molar-refractivity contribution >= 4 is 23.4 Å². The van der Waals surface area contributed by atoms with Crippen molar-refractivity contribution in [1.82, 2.24) is 20.9 Å². The molecule has 0 fully saturated rings. The van der Waals surface area contributed by atoms with E-state index in [2.05, 4.69) is 45.2 Å². The molecule has 0 spiro atoms. The summed E-state index contributed by atoms with van der Waals surface area (Å²) in [5.74, 6) is 1.15. The highest BCUT2D eigenvalue weighted by Crippen LogP contribution is 2.19. The molecule has 3 N–H and O–H groups in total. The molecule has 0 aliphatic heterocycles. The minimum Gasteiger partial charge on any atom is -0.444 e. The van der Waals surface area contributed by atoms with Crippen LogP contribution in [0.15, 0.2) is 10.4 Å². The van der Waals surface area contributed by atoms with Crippen LogP contribution in [0, 0.1) is 0 Å². The van der Waals surface area contributed by atoms with Crippen LogP contribution in [0.4, 0.5) is 4.79 Å². The number of carbonyl (C=O) groups is 1. The van der Waals surface area contributed by atoms with Gasteiger partial charge in [0.15, 0.2) is 5.96 Å². The number of carbonyl (C=O) groups excluding carboxylic acids is 1. The molecular weight excluding hydrogens is 362 g/mol. The first-order valence-corrected chi connectivity index (χ1v) is 10.2. The van der Waals surface area contributed by atoms with Crippen LogP contribution in [0.25, 0.3) is 0 Å². The predicted octanol–water partition coefficient (Wildman–Crippen LogP) is 3.28. The van der Waals surface area contributed by atoms with Crippen molar-refractivity contribution in [2.75, 3.05) is 20.1 Å². The standard InChI is InChI=1S/C19H35N5O2S/c1-13(2)15-23-14(11-27-15)9-10-21-16(20-8)22-12-19(6,7)24-17(25)26-18(3,4)5/h11,13H,9-10,12H2,1-8H3,(H,24,25)(H2,20,21,22). The van der Waals surface area contributed by atoms with Gasteiger partial charge in [-0.25, -0.2) is 9.78 Å². The number of guanidine groups is 1. The number of thiazole rings is 1. The van der Waals surface area contributed by atoms with Crippen LogP contribution in [0.2, 0.25) is 0 Å². The van der Waals surface area contributed by atoms with Crippen molar-refractivity contribution in [2.45, 2.75) is 71.9 Å². The summed E-state index contributed by atoms with van der Waals surface area (Å²) in [4.78, 5) is 20.8. The van der Waals surface area contributed by atoms with Crippen LogP contribution in [0.3, 0.4) is 0 Å². The first-order chi connectivity index (χ1) is 12.4. The van der Waals surface area contributed by atoms with Gasteiger partial charge in [-0.3, -0.25) is 4.99 Å². The Morgan fingerprint density at radius 2 is 1.93 bits per heavy atom. The number of aliphatic imine (C=N–C) groups is 1. The fourth-order valence-electron chi connectivity index (χ4n) is 2.16. The SMILES string of the molecule is CN=C(NCCc1csc(C(C)C)n1)NCC(C)(C)NC(=O)OC(C)(C)C. The van der Waals surface area contributed by atoms with Crippen molar-refractivity contribution in [2.24, 2.45) is 4.99 Å². The molecule has 1 aromatic rings. The van der Waals surface area contributed by atoms with E-state index in [1.807, 2.05) is 34.6 Å². The molecule has 1 heterocycles. The summed E-state index contributed by atoms with van der Waals surface area (Å²) in [6, 6.07) is 0.